The number of ketones is 1. The fourth-order valence-corrected chi connectivity index (χ4v) is 3.89. The molecule has 0 amide bonds. The van der Waals surface area contributed by atoms with Crippen LogP contribution in [0.2, 0.25) is 0 Å². The quantitative estimate of drug-likeness (QED) is 0.822. The third kappa shape index (κ3) is 2.06. The molecule has 1 aliphatic carbocycles. The average Bonchev–Trinajstić information content (AvgIpc) is 3.33. The van der Waals surface area contributed by atoms with Gasteiger partial charge in [0, 0.05) is 18.7 Å². The van der Waals surface area contributed by atoms with Crippen LogP contribution in [0, 0.1) is 12.3 Å². The molecule has 0 aromatic heterocycles. The molecule has 1 atom stereocenters. The van der Waals surface area contributed by atoms with Crippen molar-refractivity contribution in [2.24, 2.45) is 5.41 Å². The lowest BCUT2D eigenvalue weighted by atomic mass is 9.80. The minimum Gasteiger partial charge on any atom is -0.363 e. The van der Waals surface area contributed by atoms with Gasteiger partial charge in [-0.3, -0.25) is 4.79 Å². The van der Waals surface area contributed by atoms with Crippen LogP contribution in [0.15, 0.2) is 54.6 Å². The lowest BCUT2D eigenvalue weighted by Crippen LogP contribution is -2.45. The van der Waals surface area contributed by atoms with Gasteiger partial charge in [0.2, 0.25) is 0 Å². The summed E-state index contributed by atoms with van der Waals surface area (Å²) in [6.07, 6.45) is 2.75. The predicted octanol–water partition coefficient (Wildman–Crippen LogP) is 4.30. The van der Waals surface area contributed by atoms with Gasteiger partial charge in [-0.2, -0.15) is 0 Å². The monoisotopic (exact) mass is 291 g/mol. The number of carbonyl (C=O) groups excluding carboxylic acids is 1. The van der Waals surface area contributed by atoms with Crippen LogP contribution < -0.4 is 4.90 Å². The summed E-state index contributed by atoms with van der Waals surface area (Å²) in [5.74, 6) is 0.463. The Morgan fingerprint density at radius 3 is 2.32 bits per heavy atom. The largest absolute Gasteiger partial charge is 0.363 e. The van der Waals surface area contributed by atoms with E-state index in [-0.39, 0.29) is 11.5 Å². The number of hydrogen-bond donors (Lipinski definition) is 0. The van der Waals surface area contributed by atoms with Gasteiger partial charge in [-0.05, 0) is 37.5 Å². The van der Waals surface area contributed by atoms with Gasteiger partial charge in [0.1, 0.15) is 5.78 Å². The van der Waals surface area contributed by atoms with Gasteiger partial charge < -0.3 is 4.90 Å². The minimum absolute atomic E-state index is 0.134. The SMILES string of the molecule is Cc1ccc(N2CCC(=O)C3(CC3)C2c2ccccc2)cc1. The van der Waals surface area contributed by atoms with E-state index in [2.05, 4.69) is 60.4 Å². The van der Waals surface area contributed by atoms with E-state index in [9.17, 15) is 4.79 Å². The van der Waals surface area contributed by atoms with E-state index in [4.69, 9.17) is 0 Å². The number of rotatable bonds is 2. The Kier molecular flexibility index (Phi) is 3.07. The van der Waals surface area contributed by atoms with Crippen molar-refractivity contribution in [2.45, 2.75) is 32.2 Å². The van der Waals surface area contributed by atoms with Crippen LogP contribution in [-0.4, -0.2) is 12.3 Å². The van der Waals surface area contributed by atoms with E-state index in [0.717, 1.165) is 19.4 Å². The Bertz CT molecular complexity index is 685. The van der Waals surface area contributed by atoms with Crippen LogP contribution >= 0.6 is 0 Å². The maximum atomic E-state index is 12.6. The summed E-state index contributed by atoms with van der Waals surface area (Å²) in [7, 11) is 0. The molecular formula is C20H21NO. The van der Waals surface area contributed by atoms with Gasteiger partial charge in [0.05, 0.1) is 11.5 Å². The highest BCUT2D eigenvalue weighted by molar-refractivity contribution is 5.91. The Morgan fingerprint density at radius 2 is 1.68 bits per heavy atom. The Labute approximate surface area is 131 Å². The van der Waals surface area contributed by atoms with Crippen molar-refractivity contribution < 1.29 is 4.79 Å². The highest BCUT2D eigenvalue weighted by atomic mass is 16.1. The van der Waals surface area contributed by atoms with Gasteiger partial charge in [-0.15, -0.1) is 0 Å². The Morgan fingerprint density at radius 1 is 1.00 bits per heavy atom. The third-order valence-electron chi connectivity index (χ3n) is 5.24. The number of benzene rings is 2. The van der Waals surface area contributed by atoms with Gasteiger partial charge in [-0.1, -0.05) is 48.0 Å². The third-order valence-corrected chi connectivity index (χ3v) is 5.24. The van der Waals surface area contributed by atoms with Crippen LogP contribution in [-0.2, 0) is 4.79 Å². The van der Waals surface area contributed by atoms with Crippen molar-refractivity contribution in [3.63, 3.8) is 0 Å². The summed E-state index contributed by atoms with van der Waals surface area (Å²) in [6.45, 7) is 2.93. The first kappa shape index (κ1) is 13.6. The molecule has 2 nitrogen and oxygen atoms in total. The molecular weight excluding hydrogens is 270 g/mol. The first-order valence-electron chi connectivity index (χ1n) is 8.12. The molecule has 1 unspecified atom stereocenters. The zero-order chi connectivity index (χ0) is 15.2. The minimum atomic E-state index is -0.134. The van der Waals surface area contributed by atoms with Crippen molar-refractivity contribution in [2.75, 3.05) is 11.4 Å². The van der Waals surface area contributed by atoms with E-state index in [1.54, 1.807) is 0 Å². The van der Waals surface area contributed by atoms with E-state index in [1.807, 2.05) is 6.07 Å². The van der Waals surface area contributed by atoms with Crippen molar-refractivity contribution in [1.29, 1.82) is 0 Å². The fourth-order valence-electron chi connectivity index (χ4n) is 3.89. The molecule has 112 valence electrons. The highest BCUT2D eigenvalue weighted by Crippen LogP contribution is 2.60. The van der Waals surface area contributed by atoms with Gasteiger partial charge in [-0.25, -0.2) is 0 Å². The van der Waals surface area contributed by atoms with Crippen LogP contribution in [0.25, 0.3) is 0 Å². The topological polar surface area (TPSA) is 20.3 Å². The van der Waals surface area contributed by atoms with Crippen LogP contribution in [0.3, 0.4) is 0 Å². The molecule has 1 heterocycles. The second kappa shape index (κ2) is 4.98. The maximum absolute atomic E-state index is 12.6. The second-order valence-electron chi connectivity index (χ2n) is 6.67. The van der Waals surface area contributed by atoms with E-state index in [1.165, 1.54) is 16.8 Å². The molecule has 2 heteroatoms. The first-order chi connectivity index (χ1) is 10.7. The zero-order valence-corrected chi connectivity index (χ0v) is 13.0. The molecule has 0 bridgehead atoms. The smallest absolute Gasteiger partial charge is 0.143 e. The Balaban J connectivity index is 1.79. The molecule has 1 aliphatic heterocycles. The fraction of sp³-hybridized carbons (Fsp3) is 0.350. The molecule has 2 fully saturated rings. The van der Waals surface area contributed by atoms with Crippen molar-refractivity contribution in [1.82, 2.24) is 0 Å². The van der Waals surface area contributed by atoms with Crippen LogP contribution in [0.4, 0.5) is 5.69 Å². The normalized spacial score (nSPS) is 22.9. The molecule has 2 aromatic rings. The summed E-state index contributed by atoms with van der Waals surface area (Å²) in [4.78, 5) is 15.0. The summed E-state index contributed by atoms with van der Waals surface area (Å²) in [5.41, 5.74) is 3.64. The van der Waals surface area contributed by atoms with Crippen LogP contribution in [0.1, 0.15) is 36.4 Å². The molecule has 0 N–H and O–H groups in total. The highest BCUT2D eigenvalue weighted by Gasteiger charge is 2.59. The van der Waals surface area contributed by atoms with Gasteiger partial charge in [0.25, 0.3) is 0 Å². The standard InChI is InChI=1S/C20H21NO/c1-15-7-9-17(10-8-15)21-14-11-18(22)20(12-13-20)19(21)16-5-3-2-4-6-16/h2-10,19H,11-14H2,1H3. The molecule has 0 radical (unpaired) electrons. The van der Waals surface area contributed by atoms with E-state index in [0.29, 0.717) is 12.2 Å². The van der Waals surface area contributed by atoms with Gasteiger partial charge >= 0.3 is 0 Å². The summed E-state index contributed by atoms with van der Waals surface area (Å²) >= 11 is 0. The summed E-state index contributed by atoms with van der Waals surface area (Å²) in [5, 5.41) is 0. The average molecular weight is 291 g/mol. The lowest BCUT2D eigenvalue weighted by Gasteiger charge is -2.43. The Hall–Kier alpha value is -2.09. The molecule has 2 aliphatic rings. The number of nitrogens with zero attached hydrogens (tertiary/aromatic N) is 1. The van der Waals surface area contributed by atoms with Crippen molar-refractivity contribution >= 4 is 11.5 Å². The molecule has 1 saturated carbocycles. The zero-order valence-electron chi connectivity index (χ0n) is 13.0. The summed E-state index contributed by atoms with van der Waals surface area (Å²) < 4.78 is 0. The second-order valence-corrected chi connectivity index (χ2v) is 6.67. The number of anilines is 1. The lowest BCUT2D eigenvalue weighted by molar-refractivity contribution is -0.126. The number of aryl methyl sites for hydroxylation is 1. The van der Waals surface area contributed by atoms with Crippen LogP contribution in [0.5, 0.6) is 0 Å². The van der Waals surface area contributed by atoms with Gasteiger partial charge in [0.15, 0.2) is 0 Å². The number of hydrogen-bond acceptors (Lipinski definition) is 2. The maximum Gasteiger partial charge on any atom is 0.143 e. The molecule has 2 aromatic carbocycles. The van der Waals surface area contributed by atoms with E-state index >= 15 is 0 Å². The molecule has 4 rings (SSSR count). The van der Waals surface area contributed by atoms with Crippen molar-refractivity contribution in [3.8, 4) is 0 Å². The number of Topliss-reactive ketones (excluding diaryl/α,β-unsaturated/α-hetero) is 1. The predicted molar refractivity (Wildman–Crippen MR) is 89.0 cm³/mol. The van der Waals surface area contributed by atoms with Crippen molar-refractivity contribution in [3.05, 3.63) is 65.7 Å². The first-order valence-corrected chi connectivity index (χ1v) is 8.12. The number of carbonyl (C=O) groups is 1. The molecule has 1 spiro atoms. The molecule has 22 heavy (non-hydrogen) atoms. The summed E-state index contributed by atoms with van der Waals surface area (Å²) in [6, 6.07) is 19.4. The molecule has 1 saturated heterocycles. The number of piperidine rings is 1. The van der Waals surface area contributed by atoms with E-state index < -0.39 is 0 Å².